The van der Waals surface area contributed by atoms with Crippen molar-refractivity contribution in [2.24, 2.45) is 0 Å². The average molecular weight is 252 g/mol. The SMILES string of the molecule is CN(C)CCCNc1cc(F)ccc1C(C)(C)C. The molecular weight excluding hydrogens is 227 g/mol. The highest BCUT2D eigenvalue weighted by Gasteiger charge is 2.18. The second-order valence-corrected chi connectivity index (χ2v) is 6.02. The lowest BCUT2D eigenvalue weighted by atomic mass is 9.85. The van der Waals surface area contributed by atoms with Crippen molar-refractivity contribution in [3.8, 4) is 0 Å². The molecule has 1 aromatic carbocycles. The van der Waals surface area contributed by atoms with Crippen LogP contribution in [0.4, 0.5) is 10.1 Å². The number of nitrogens with zero attached hydrogens (tertiary/aromatic N) is 1. The summed E-state index contributed by atoms with van der Waals surface area (Å²) < 4.78 is 13.3. The van der Waals surface area contributed by atoms with Crippen molar-refractivity contribution in [2.45, 2.75) is 32.6 Å². The highest BCUT2D eigenvalue weighted by molar-refractivity contribution is 5.54. The maximum atomic E-state index is 13.3. The van der Waals surface area contributed by atoms with Crippen LogP contribution in [0.1, 0.15) is 32.8 Å². The van der Waals surface area contributed by atoms with Gasteiger partial charge in [-0.2, -0.15) is 0 Å². The largest absolute Gasteiger partial charge is 0.385 e. The standard InChI is InChI=1S/C15H25FN2/c1-15(2,3)13-8-7-12(16)11-14(13)17-9-6-10-18(4)5/h7-8,11,17H,6,9-10H2,1-5H3. The number of halogens is 1. The van der Waals surface area contributed by atoms with Gasteiger partial charge < -0.3 is 10.2 Å². The topological polar surface area (TPSA) is 15.3 Å². The highest BCUT2D eigenvalue weighted by atomic mass is 19.1. The summed E-state index contributed by atoms with van der Waals surface area (Å²) in [7, 11) is 4.12. The molecule has 1 aromatic rings. The molecule has 1 rings (SSSR count). The fraction of sp³-hybridized carbons (Fsp3) is 0.600. The van der Waals surface area contributed by atoms with Crippen molar-refractivity contribution < 1.29 is 4.39 Å². The van der Waals surface area contributed by atoms with Gasteiger partial charge in [0.25, 0.3) is 0 Å². The third-order valence-corrected chi connectivity index (χ3v) is 2.89. The van der Waals surface area contributed by atoms with E-state index in [4.69, 9.17) is 0 Å². The molecule has 0 fully saturated rings. The first-order chi connectivity index (χ1) is 8.30. The van der Waals surface area contributed by atoms with Crippen molar-refractivity contribution in [1.29, 1.82) is 0 Å². The first-order valence-corrected chi connectivity index (χ1v) is 6.49. The molecule has 0 aliphatic heterocycles. The highest BCUT2D eigenvalue weighted by Crippen LogP contribution is 2.30. The molecule has 0 spiro atoms. The van der Waals surface area contributed by atoms with Crippen molar-refractivity contribution >= 4 is 5.69 Å². The molecule has 0 amide bonds. The van der Waals surface area contributed by atoms with Crippen LogP contribution in [0.15, 0.2) is 18.2 Å². The smallest absolute Gasteiger partial charge is 0.125 e. The Balaban J connectivity index is 2.71. The Bertz CT molecular complexity index is 381. The maximum Gasteiger partial charge on any atom is 0.125 e. The van der Waals surface area contributed by atoms with Gasteiger partial charge in [0.15, 0.2) is 0 Å². The van der Waals surface area contributed by atoms with Gasteiger partial charge in [-0.05, 0) is 50.2 Å². The summed E-state index contributed by atoms with van der Waals surface area (Å²) in [4.78, 5) is 2.15. The predicted molar refractivity (Wildman–Crippen MR) is 76.8 cm³/mol. The minimum atomic E-state index is -0.182. The molecule has 0 atom stereocenters. The monoisotopic (exact) mass is 252 g/mol. The average Bonchev–Trinajstić information content (AvgIpc) is 2.22. The van der Waals surface area contributed by atoms with Crippen molar-refractivity contribution in [1.82, 2.24) is 4.90 Å². The van der Waals surface area contributed by atoms with Gasteiger partial charge in [-0.25, -0.2) is 4.39 Å². The van der Waals surface area contributed by atoms with Crippen LogP contribution < -0.4 is 5.32 Å². The number of hydrogen-bond donors (Lipinski definition) is 1. The van der Waals surface area contributed by atoms with E-state index in [1.807, 2.05) is 6.07 Å². The third kappa shape index (κ3) is 4.65. The maximum absolute atomic E-state index is 13.3. The van der Waals surface area contributed by atoms with E-state index in [9.17, 15) is 4.39 Å². The summed E-state index contributed by atoms with van der Waals surface area (Å²) in [5.74, 6) is -0.182. The van der Waals surface area contributed by atoms with E-state index in [2.05, 4.69) is 45.1 Å². The van der Waals surface area contributed by atoms with Crippen LogP contribution in [0, 0.1) is 5.82 Å². The minimum Gasteiger partial charge on any atom is -0.385 e. The molecule has 0 aliphatic rings. The normalized spacial score (nSPS) is 11.9. The van der Waals surface area contributed by atoms with Crippen molar-refractivity contribution in [2.75, 3.05) is 32.5 Å². The van der Waals surface area contributed by atoms with E-state index < -0.39 is 0 Å². The molecule has 2 nitrogen and oxygen atoms in total. The first-order valence-electron chi connectivity index (χ1n) is 6.49. The second kappa shape index (κ2) is 6.19. The van der Waals surface area contributed by atoms with Gasteiger partial charge in [-0.3, -0.25) is 0 Å². The van der Waals surface area contributed by atoms with E-state index in [1.54, 1.807) is 6.07 Å². The lowest BCUT2D eigenvalue weighted by Gasteiger charge is -2.23. The fourth-order valence-corrected chi connectivity index (χ4v) is 1.94. The summed E-state index contributed by atoms with van der Waals surface area (Å²) in [6.45, 7) is 8.33. The number of nitrogens with one attached hydrogen (secondary N) is 1. The van der Waals surface area contributed by atoms with Crippen LogP contribution in [0.3, 0.4) is 0 Å². The van der Waals surface area contributed by atoms with Crippen LogP contribution in [-0.4, -0.2) is 32.1 Å². The Morgan fingerprint density at radius 2 is 1.89 bits per heavy atom. The molecule has 102 valence electrons. The lowest BCUT2D eigenvalue weighted by molar-refractivity contribution is 0.405. The first kappa shape index (κ1) is 15.0. The summed E-state index contributed by atoms with van der Waals surface area (Å²) in [6.07, 6.45) is 1.05. The van der Waals surface area contributed by atoms with Crippen LogP contribution >= 0.6 is 0 Å². The summed E-state index contributed by atoms with van der Waals surface area (Å²) >= 11 is 0. The van der Waals surface area contributed by atoms with Gasteiger partial charge in [-0.1, -0.05) is 26.8 Å². The van der Waals surface area contributed by atoms with Crippen LogP contribution in [0.25, 0.3) is 0 Å². The van der Waals surface area contributed by atoms with Crippen LogP contribution in [0.5, 0.6) is 0 Å². The molecule has 0 aromatic heterocycles. The number of benzene rings is 1. The number of hydrogen-bond acceptors (Lipinski definition) is 2. The van der Waals surface area contributed by atoms with E-state index in [0.29, 0.717) is 0 Å². The van der Waals surface area contributed by atoms with Gasteiger partial charge in [0.1, 0.15) is 5.82 Å². The predicted octanol–water partition coefficient (Wildman–Crippen LogP) is 3.49. The zero-order valence-corrected chi connectivity index (χ0v) is 12.2. The van der Waals surface area contributed by atoms with Crippen molar-refractivity contribution in [3.05, 3.63) is 29.6 Å². The van der Waals surface area contributed by atoms with Gasteiger partial charge in [0, 0.05) is 12.2 Å². The fourth-order valence-electron chi connectivity index (χ4n) is 1.94. The Hall–Kier alpha value is -1.09. The molecule has 18 heavy (non-hydrogen) atoms. The van der Waals surface area contributed by atoms with E-state index in [1.165, 1.54) is 6.07 Å². The van der Waals surface area contributed by atoms with Gasteiger partial charge in [-0.15, -0.1) is 0 Å². The zero-order valence-electron chi connectivity index (χ0n) is 12.2. The van der Waals surface area contributed by atoms with Gasteiger partial charge in [0.2, 0.25) is 0 Å². The molecule has 0 saturated carbocycles. The van der Waals surface area contributed by atoms with E-state index in [-0.39, 0.29) is 11.2 Å². The Morgan fingerprint density at radius 3 is 2.44 bits per heavy atom. The molecule has 3 heteroatoms. The zero-order chi connectivity index (χ0) is 13.8. The van der Waals surface area contributed by atoms with Crippen LogP contribution in [-0.2, 0) is 5.41 Å². The Kier molecular flexibility index (Phi) is 5.15. The summed E-state index contributed by atoms with van der Waals surface area (Å²) in [6, 6.07) is 5.01. The van der Waals surface area contributed by atoms with Gasteiger partial charge >= 0.3 is 0 Å². The summed E-state index contributed by atoms with van der Waals surface area (Å²) in [5, 5.41) is 3.35. The molecule has 0 bridgehead atoms. The quantitative estimate of drug-likeness (QED) is 0.807. The molecule has 0 radical (unpaired) electrons. The van der Waals surface area contributed by atoms with Crippen molar-refractivity contribution in [3.63, 3.8) is 0 Å². The molecular formula is C15H25FN2. The third-order valence-electron chi connectivity index (χ3n) is 2.89. The molecule has 0 heterocycles. The number of rotatable bonds is 5. The molecule has 0 unspecified atom stereocenters. The van der Waals surface area contributed by atoms with Crippen LogP contribution in [0.2, 0.25) is 0 Å². The molecule has 1 N–H and O–H groups in total. The van der Waals surface area contributed by atoms with E-state index >= 15 is 0 Å². The van der Waals surface area contributed by atoms with Gasteiger partial charge in [0.05, 0.1) is 0 Å². The van der Waals surface area contributed by atoms with E-state index in [0.717, 1.165) is 30.8 Å². The molecule has 0 aliphatic carbocycles. The molecule has 0 saturated heterocycles. The second-order valence-electron chi connectivity index (χ2n) is 6.02. The Labute approximate surface area is 110 Å². The number of anilines is 1. The minimum absolute atomic E-state index is 0.0254. The lowest BCUT2D eigenvalue weighted by Crippen LogP contribution is -2.19. The Morgan fingerprint density at radius 1 is 1.22 bits per heavy atom. The summed E-state index contributed by atoms with van der Waals surface area (Å²) in [5.41, 5.74) is 2.10.